The van der Waals surface area contributed by atoms with Crippen LogP contribution >= 0.6 is 0 Å². The number of nitrogens with two attached hydrogens (primary N) is 1. The molecule has 0 aliphatic carbocycles. The van der Waals surface area contributed by atoms with Gasteiger partial charge in [0, 0.05) is 0 Å². The van der Waals surface area contributed by atoms with Gasteiger partial charge >= 0.3 is 0 Å². The van der Waals surface area contributed by atoms with E-state index in [9.17, 15) is 0 Å². The third-order valence-electron chi connectivity index (χ3n) is 6.08. The van der Waals surface area contributed by atoms with Crippen LogP contribution in [0.5, 0.6) is 0 Å². The molecule has 0 aliphatic heterocycles. The van der Waals surface area contributed by atoms with Crippen molar-refractivity contribution in [3.8, 4) is 0 Å². The van der Waals surface area contributed by atoms with Crippen LogP contribution in [0.2, 0.25) is 18.1 Å². The van der Waals surface area contributed by atoms with E-state index in [1.165, 1.54) is 134 Å². The fourth-order valence-electron chi connectivity index (χ4n) is 4.15. The topological polar surface area (TPSA) is 26.0 Å². The molecular weight excluding hydrogens is 330 g/mol. The first-order chi connectivity index (χ1) is 12.7. The molecule has 0 saturated heterocycles. The first kappa shape index (κ1) is 26.2. The molecule has 1 nitrogen and oxygen atoms in total. The third-order valence-corrected chi connectivity index (χ3v) is 10.1. The van der Waals surface area contributed by atoms with Crippen molar-refractivity contribution in [2.45, 2.75) is 154 Å². The molecule has 0 atom stereocenters. The summed E-state index contributed by atoms with van der Waals surface area (Å²) in [6.07, 6.45) is 25.5. The Hall–Kier alpha value is 0.177. The summed E-state index contributed by atoms with van der Waals surface area (Å²) in [7, 11) is -1.45. The highest BCUT2D eigenvalue weighted by Gasteiger charge is 2.26. The van der Waals surface area contributed by atoms with E-state index < -0.39 is 8.24 Å². The van der Waals surface area contributed by atoms with Crippen LogP contribution in [0.15, 0.2) is 0 Å². The van der Waals surface area contributed by atoms with Crippen molar-refractivity contribution in [1.82, 2.24) is 0 Å². The second-order valence-electron chi connectivity index (χ2n) is 8.92. The van der Waals surface area contributed by atoms with Crippen molar-refractivity contribution in [3.63, 3.8) is 0 Å². The molecule has 0 bridgehead atoms. The van der Waals surface area contributed by atoms with E-state index >= 15 is 0 Å². The number of hydrogen-bond donors (Lipinski definition) is 1. The number of hydrogen-bond acceptors (Lipinski definition) is 1. The smallest absolute Gasteiger partial charge is 0.123 e. The predicted molar refractivity (Wildman–Crippen MR) is 124 cm³/mol. The second kappa shape index (κ2) is 19.9. The fourth-order valence-corrected chi connectivity index (χ4v) is 7.76. The van der Waals surface area contributed by atoms with Gasteiger partial charge in [-0.15, -0.1) is 0 Å². The summed E-state index contributed by atoms with van der Waals surface area (Å²) >= 11 is 0. The van der Waals surface area contributed by atoms with E-state index in [1.54, 1.807) is 0 Å². The Kier molecular flexibility index (Phi) is 20.1. The maximum atomic E-state index is 7.06. The summed E-state index contributed by atoms with van der Waals surface area (Å²) in [5, 5.41) is 7.06. The summed E-state index contributed by atoms with van der Waals surface area (Å²) in [4.78, 5) is 0. The number of unbranched alkanes of at least 4 members (excludes halogenated alkanes) is 15. The highest BCUT2D eigenvalue weighted by molar-refractivity contribution is 6.76. The highest BCUT2D eigenvalue weighted by atomic mass is 28.3. The van der Waals surface area contributed by atoms with Crippen LogP contribution in [0.4, 0.5) is 0 Å². The zero-order valence-corrected chi connectivity index (χ0v) is 19.9. The summed E-state index contributed by atoms with van der Waals surface area (Å²) < 4.78 is 0. The average Bonchev–Trinajstić information content (AvgIpc) is 2.64. The predicted octanol–water partition coefficient (Wildman–Crippen LogP) is 8.97. The van der Waals surface area contributed by atoms with E-state index in [4.69, 9.17) is 5.40 Å². The van der Waals surface area contributed by atoms with Gasteiger partial charge in [0.05, 0.1) is 0 Å². The Bertz CT molecular complexity index is 226. The van der Waals surface area contributed by atoms with E-state index in [0.717, 1.165) is 0 Å². The molecule has 0 rings (SSSR count). The van der Waals surface area contributed by atoms with Gasteiger partial charge in [0.25, 0.3) is 0 Å². The van der Waals surface area contributed by atoms with Crippen LogP contribution in [0.3, 0.4) is 0 Å². The van der Waals surface area contributed by atoms with Crippen LogP contribution in [0.25, 0.3) is 0 Å². The zero-order valence-electron chi connectivity index (χ0n) is 18.9. The highest BCUT2D eigenvalue weighted by Crippen LogP contribution is 2.25. The molecule has 26 heavy (non-hydrogen) atoms. The molecule has 0 saturated carbocycles. The standard InChI is InChI=1S/C24H53NSi/c1-4-7-10-13-16-19-22-26(25,23-20-17-14-11-8-5-2)24-21-18-15-12-9-6-3/h4-25H2,1-3H3. The molecule has 0 aliphatic rings. The van der Waals surface area contributed by atoms with Gasteiger partial charge in [0.15, 0.2) is 0 Å². The zero-order chi connectivity index (χ0) is 19.3. The molecule has 0 radical (unpaired) electrons. The molecule has 0 unspecified atom stereocenters. The quantitative estimate of drug-likeness (QED) is 0.155. The minimum absolute atomic E-state index is 1.35. The van der Waals surface area contributed by atoms with E-state index in [-0.39, 0.29) is 0 Å². The maximum Gasteiger partial charge on any atom is 0.123 e. The normalized spacial score (nSPS) is 12.0. The Balaban J connectivity index is 4.02. The molecule has 2 N–H and O–H groups in total. The van der Waals surface area contributed by atoms with Crippen molar-refractivity contribution in [2.24, 2.45) is 5.40 Å². The molecule has 0 fully saturated rings. The van der Waals surface area contributed by atoms with Crippen LogP contribution < -0.4 is 5.40 Å². The molecule has 0 amide bonds. The van der Waals surface area contributed by atoms with Crippen LogP contribution in [0, 0.1) is 0 Å². The van der Waals surface area contributed by atoms with Crippen molar-refractivity contribution in [3.05, 3.63) is 0 Å². The number of rotatable bonds is 21. The lowest BCUT2D eigenvalue weighted by atomic mass is 10.1. The lowest BCUT2D eigenvalue weighted by molar-refractivity contribution is 0.606. The Morgan fingerprint density at radius 3 is 0.885 bits per heavy atom. The molecular formula is C24H53NSi. The van der Waals surface area contributed by atoms with Crippen molar-refractivity contribution < 1.29 is 0 Å². The Morgan fingerprint density at radius 1 is 0.385 bits per heavy atom. The third kappa shape index (κ3) is 17.6. The Labute approximate surface area is 168 Å². The lowest BCUT2D eigenvalue weighted by Crippen LogP contribution is -2.45. The van der Waals surface area contributed by atoms with Crippen molar-refractivity contribution in [2.75, 3.05) is 0 Å². The van der Waals surface area contributed by atoms with Gasteiger partial charge in [0.2, 0.25) is 0 Å². The van der Waals surface area contributed by atoms with Gasteiger partial charge < -0.3 is 5.40 Å². The monoisotopic (exact) mass is 383 g/mol. The molecule has 2 heteroatoms. The summed E-state index contributed by atoms with van der Waals surface area (Å²) in [5.74, 6) is 0. The first-order valence-electron chi connectivity index (χ1n) is 12.5. The molecule has 0 aromatic rings. The van der Waals surface area contributed by atoms with Crippen molar-refractivity contribution >= 4 is 8.24 Å². The Morgan fingerprint density at radius 2 is 0.615 bits per heavy atom. The van der Waals surface area contributed by atoms with Gasteiger partial charge in [-0.1, -0.05) is 136 Å². The minimum atomic E-state index is -1.45. The maximum absolute atomic E-state index is 7.06. The van der Waals surface area contributed by atoms with Crippen LogP contribution in [-0.2, 0) is 0 Å². The van der Waals surface area contributed by atoms with E-state index in [0.29, 0.717) is 0 Å². The van der Waals surface area contributed by atoms with Gasteiger partial charge in [-0.3, -0.25) is 0 Å². The molecule has 0 spiro atoms. The minimum Gasteiger partial charge on any atom is -0.351 e. The summed E-state index contributed by atoms with van der Waals surface area (Å²) in [6.45, 7) is 6.91. The van der Waals surface area contributed by atoms with Crippen LogP contribution in [-0.4, -0.2) is 8.24 Å². The fraction of sp³-hybridized carbons (Fsp3) is 1.00. The summed E-state index contributed by atoms with van der Waals surface area (Å²) in [5.41, 5.74) is 0. The van der Waals surface area contributed by atoms with Gasteiger partial charge in [-0.2, -0.15) is 0 Å². The average molecular weight is 384 g/mol. The van der Waals surface area contributed by atoms with E-state index in [2.05, 4.69) is 20.8 Å². The molecule has 0 aromatic carbocycles. The van der Waals surface area contributed by atoms with Crippen molar-refractivity contribution in [1.29, 1.82) is 0 Å². The molecule has 0 heterocycles. The molecule has 158 valence electrons. The lowest BCUT2D eigenvalue weighted by Gasteiger charge is -2.27. The largest absolute Gasteiger partial charge is 0.351 e. The van der Waals surface area contributed by atoms with Crippen LogP contribution in [0.1, 0.15) is 136 Å². The van der Waals surface area contributed by atoms with E-state index in [1.807, 2.05) is 0 Å². The van der Waals surface area contributed by atoms with Gasteiger partial charge in [-0.25, -0.2) is 0 Å². The summed E-state index contributed by atoms with van der Waals surface area (Å²) in [6, 6.07) is 4.22. The first-order valence-corrected chi connectivity index (χ1v) is 15.2. The van der Waals surface area contributed by atoms with Gasteiger partial charge in [0.1, 0.15) is 8.24 Å². The van der Waals surface area contributed by atoms with Gasteiger partial charge in [-0.05, 0) is 18.1 Å². The SMILES string of the molecule is CCCCCCCC[Si](N)(CCCCCCCC)CCCCCCCC. The second-order valence-corrected chi connectivity index (χ2v) is 13.1. The molecule has 0 aromatic heterocycles.